The molecule has 0 spiro atoms. The predicted octanol–water partition coefficient (Wildman–Crippen LogP) is 4.08. The third kappa shape index (κ3) is 2.64. The molecule has 0 amide bonds. The molecule has 0 heterocycles. The number of benzene rings is 3. The molecule has 0 radical (unpaired) electrons. The minimum absolute atomic E-state index is 0.0616. The van der Waals surface area contributed by atoms with Gasteiger partial charge >= 0.3 is 0 Å². The number of rotatable bonds is 3. The Bertz CT molecular complexity index is 865. The predicted molar refractivity (Wildman–Crippen MR) is 88.7 cm³/mol. The fourth-order valence-corrected chi connectivity index (χ4v) is 2.28. The van der Waals surface area contributed by atoms with Crippen LogP contribution in [-0.4, -0.2) is 11.1 Å². The first-order valence-corrected chi connectivity index (χ1v) is 6.71. The molecule has 5 heteroatoms. The maximum atomic E-state index is 10.6. The molecule has 5 nitrogen and oxygen atoms in total. The lowest BCUT2D eigenvalue weighted by molar-refractivity contribution is -0.384. The third-order valence-electron chi connectivity index (χ3n) is 3.37. The summed E-state index contributed by atoms with van der Waals surface area (Å²) in [6.45, 7) is 0. The summed E-state index contributed by atoms with van der Waals surface area (Å²) >= 11 is 0. The highest BCUT2D eigenvalue weighted by atomic mass is 16.6. The van der Waals surface area contributed by atoms with E-state index in [4.69, 9.17) is 5.73 Å². The molecule has 0 atom stereocenters. The lowest BCUT2D eigenvalue weighted by atomic mass is 10.1. The van der Waals surface area contributed by atoms with E-state index in [9.17, 15) is 10.1 Å². The number of hydrogen-bond donors (Lipinski definition) is 1. The zero-order valence-electron chi connectivity index (χ0n) is 11.6. The average molecular weight is 291 g/mol. The highest BCUT2D eigenvalue weighted by molar-refractivity contribution is 6.02. The number of fused-ring (bicyclic) bond motifs is 1. The summed E-state index contributed by atoms with van der Waals surface area (Å²) in [7, 11) is 0. The van der Waals surface area contributed by atoms with Gasteiger partial charge in [-0.3, -0.25) is 15.1 Å². The van der Waals surface area contributed by atoms with Gasteiger partial charge in [0, 0.05) is 29.4 Å². The second-order valence-corrected chi connectivity index (χ2v) is 4.83. The van der Waals surface area contributed by atoms with E-state index in [1.807, 2.05) is 36.4 Å². The van der Waals surface area contributed by atoms with Gasteiger partial charge in [-0.05, 0) is 35.2 Å². The van der Waals surface area contributed by atoms with Gasteiger partial charge in [-0.25, -0.2) is 0 Å². The normalized spacial score (nSPS) is 11.1. The first-order chi connectivity index (χ1) is 10.6. The lowest BCUT2D eigenvalue weighted by Gasteiger charge is -2.05. The molecule has 3 aromatic rings. The molecule has 0 saturated carbocycles. The quantitative estimate of drug-likeness (QED) is 0.341. The Morgan fingerprint density at radius 3 is 2.36 bits per heavy atom. The van der Waals surface area contributed by atoms with Crippen molar-refractivity contribution in [1.82, 2.24) is 0 Å². The smallest absolute Gasteiger partial charge is 0.269 e. The summed E-state index contributed by atoms with van der Waals surface area (Å²) < 4.78 is 0. The fourth-order valence-electron chi connectivity index (χ4n) is 2.28. The van der Waals surface area contributed by atoms with Gasteiger partial charge in [-0.15, -0.1) is 0 Å². The first kappa shape index (κ1) is 13.8. The number of non-ortho nitro benzene ring substituents is 1. The number of nitro benzene ring substituents is 1. The second kappa shape index (κ2) is 5.65. The van der Waals surface area contributed by atoms with E-state index < -0.39 is 4.92 Å². The Morgan fingerprint density at radius 2 is 1.68 bits per heavy atom. The van der Waals surface area contributed by atoms with E-state index in [1.165, 1.54) is 12.1 Å². The maximum Gasteiger partial charge on any atom is 0.269 e. The standard InChI is InChI=1S/C17H13N3O2/c18-15-5-1-3-13-4-2-6-16(17(13)15)19-11-12-7-9-14(10-8-12)20(21)22/h1-11H,18H2. The van der Waals surface area contributed by atoms with Gasteiger partial charge in [0.2, 0.25) is 0 Å². The van der Waals surface area contributed by atoms with E-state index in [0.717, 1.165) is 22.0 Å². The lowest BCUT2D eigenvalue weighted by Crippen LogP contribution is -1.89. The van der Waals surface area contributed by atoms with Gasteiger partial charge in [-0.2, -0.15) is 0 Å². The van der Waals surface area contributed by atoms with Crippen molar-refractivity contribution in [2.45, 2.75) is 0 Å². The number of nitro groups is 1. The summed E-state index contributed by atoms with van der Waals surface area (Å²) in [6, 6.07) is 17.8. The Labute approximate surface area is 126 Å². The molecule has 0 saturated heterocycles. The zero-order chi connectivity index (χ0) is 15.5. The molecule has 0 bridgehead atoms. The van der Waals surface area contributed by atoms with Gasteiger partial charge in [-0.1, -0.05) is 24.3 Å². The van der Waals surface area contributed by atoms with E-state index in [2.05, 4.69) is 4.99 Å². The summed E-state index contributed by atoms with van der Waals surface area (Å²) in [5.41, 5.74) is 8.33. The Morgan fingerprint density at radius 1 is 1.00 bits per heavy atom. The van der Waals surface area contributed by atoms with Crippen LogP contribution in [0.1, 0.15) is 5.56 Å². The van der Waals surface area contributed by atoms with Gasteiger partial charge in [0.1, 0.15) is 0 Å². The molecular formula is C17H13N3O2. The van der Waals surface area contributed by atoms with Gasteiger partial charge in [0.05, 0.1) is 10.6 Å². The molecule has 0 aliphatic rings. The largest absolute Gasteiger partial charge is 0.398 e. The number of aliphatic imine (C=N–C) groups is 1. The minimum Gasteiger partial charge on any atom is -0.398 e. The van der Waals surface area contributed by atoms with Crippen LogP contribution in [0.5, 0.6) is 0 Å². The van der Waals surface area contributed by atoms with Crippen LogP contribution in [0.2, 0.25) is 0 Å². The van der Waals surface area contributed by atoms with Gasteiger partial charge < -0.3 is 5.73 Å². The minimum atomic E-state index is -0.424. The van der Waals surface area contributed by atoms with Crippen molar-refractivity contribution in [3.8, 4) is 0 Å². The molecule has 0 unspecified atom stereocenters. The van der Waals surface area contributed by atoms with Crippen LogP contribution in [0.4, 0.5) is 17.1 Å². The number of nitrogens with two attached hydrogens (primary N) is 1. The van der Waals surface area contributed by atoms with Crippen LogP contribution < -0.4 is 5.73 Å². The third-order valence-corrected chi connectivity index (χ3v) is 3.37. The number of nitrogens with zero attached hydrogens (tertiary/aromatic N) is 2. The summed E-state index contributed by atoms with van der Waals surface area (Å²) in [6.07, 6.45) is 1.67. The van der Waals surface area contributed by atoms with Crippen molar-refractivity contribution in [3.05, 3.63) is 76.3 Å². The molecule has 108 valence electrons. The van der Waals surface area contributed by atoms with Crippen LogP contribution in [0.15, 0.2) is 65.7 Å². The fraction of sp³-hybridized carbons (Fsp3) is 0. The molecule has 0 aliphatic heterocycles. The van der Waals surface area contributed by atoms with Crippen LogP contribution in [0.25, 0.3) is 10.8 Å². The van der Waals surface area contributed by atoms with Gasteiger partial charge in [0.15, 0.2) is 0 Å². The molecule has 0 fully saturated rings. The maximum absolute atomic E-state index is 10.6. The van der Waals surface area contributed by atoms with Crippen molar-refractivity contribution < 1.29 is 4.92 Å². The summed E-state index contributed by atoms with van der Waals surface area (Å²) in [4.78, 5) is 14.7. The van der Waals surface area contributed by atoms with E-state index >= 15 is 0 Å². The molecule has 22 heavy (non-hydrogen) atoms. The number of hydrogen-bond acceptors (Lipinski definition) is 4. The number of anilines is 1. The van der Waals surface area contributed by atoms with Crippen molar-refractivity contribution in [3.63, 3.8) is 0 Å². The van der Waals surface area contributed by atoms with Crippen LogP contribution >= 0.6 is 0 Å². The Hall–Kier alpha value is -3.21. The highest BCUT2D eigenvalue weighted by Gasteiger charge is 2.04. The van der Waals surface area contributed by atoms with Crippen LogP contribution in [0.3, 0.4) is 0 Å². The monoisotopic (exact) mass is 291 g/mol. The van der Waals surface area contributed by atoms with Gasteiger partial charge in [0.25, 0.3) is 5.69 Å². The molecule has 0 aromatic heterocycles. The van der Waals surface area contributed by atoms with Crippen molar-refractivity contribution >= 4 is 34.0 Å². The molecule has 2 N–H and O–H groups in total. The first-order valence-electron chi connectivity index (χ1n) is 6.71. The SMILES string of the molecule is Nc1cccc2cccc(N=Cc3ccc([N+](=O)[O-])cc3)c12. The second-order valence-electron chi connectivity index (χ2n) is 4.83. The van der Waals surface area contributed by atoms with E-state index in [1.54, 1.807) is 18.3 Å². The Kier molecular flexibility index (Phi) is 3.53. The molecule has 0 aliphatic carbocycles. The molecular weight excluding hydrogens is 278 g/mol. The van der Waals surface area contributed by atoms with E-state index in [0.29, 0.717) is 5.69 Å². The van der Waals surface area contributed by atoms with Crippen molar-refractivity contribution in [2.24, 2.45) is 4.99 Å². The van der Waals surface area contributed by atoms with Crippen molar-refractivity contribution in [2.75, 3.05) is 5.73 Å². The molecule has 3 aromatic carbocycles. The zero-order valence-corrected chi connectivity index (χ0v) is 11.6. The Balaban J connectivity index is 1.97. The van der Waals surface area contributed by atoms with E-state index in [-0.39, 0.29) is 5.69 Å². The summed E-state index contributed by atoms with van der Waals surface area (Å²) in [5.74, 6) is 0. The number of nitrogen functional groups attached to an aromatic ring is 1. The van der Waals surface area contributed by atoms with Crippen LogP contribution in [-0.2, 0) is 0 Å². The summed E-state index contributed by atoms with van der Waals surface area (Å²) in [5, 5.41) is 12.6. The average Bonchev–Trinajstić information content (AvgIpc) is 2.53. The van der Waals surface area contributed by atoms with Crippen molar-refractivity contribution in [1.29, 1.82) is 0 Å². The highest BCUT2D eigenvalue weighted by Crippen LogP contribution is 2.30. The molecule has 3 rings (SSSR count). The van der Waals surface area contributed by atoms with Crippen LogP contribution in [0, 0.1) is 10.1 Å². The topological polar surface area (TPSA) is 81.5 Å².